The van der Waals surface area contributed by atoms with Gasteiger partial charge in [0.2, 0.25) is 0 Å². The van der Waals surface area contributed by atoms with E-state index in [1.54, 1.807) is 25.3 Å². The molecule has 2 N–H and O–H groups in total. The molecule has 17 heavy (non-hydrogen) atoms. The third-order valence-electron chi connectivity index (χ3n) is 3.05. The van der Waals surface area contributed by atoms with Crippen LogP contribution < -0.4 is 10.5 Å². The highest BCUT2D eigenvalue weighted by Gasteiger charge is 2.21. The molecule has 1 aromatic rings. The van der Waals surface area contributed by atoms with Gasteiger partial charge in [-0.1, -0.05) is 0 Å². The van der Waals surface area contributed by atoms with Crippen LogP contribution in [0.3, 0.4) is 0 Å². The summed E-state index contributed by atoms with van der Waals surface area (Å²) in [6, 6.07) is 4.98. The van der Waals surface area contributed by atoms with Gasteiger partial charge in [0.15, 0.2) is 0 Å². The number of benzene rings is 1. The molecule has 0 bridgehead atoms. The summed E-state index contributed by atoms with van der Waals surface area (Å²) in [5, 5.41) is 0. The SMILES string of the molecule is COc1ccc(C(=O)OC2CCCC2)c(N)c1. The number of rotatable bonds is 3. The van der Waals surface area contributed by atoms with Crippen molar-refractivity contribution in [3.63, 3.8) is 0 Å². The molecule has 0 amide bonds. The smallest absolute Gasteiger partial charge is 0.340 e. The van der Waals surface area contributed by atoms with Crippen LogP contribution in [0.5, 0.6) is 5.75 Å². The summed E-state index contributed by atoms with van der Waals surface area (Å²) in [6.07, 6.45) is 4.25. The average Bonchev–Trinajstić information content (AvgIpc) is 2.81. The first-order chi connectivity index (χ1) is 8.20. The van der Waals surface area contributed by atoms with Crippen molar-refractivity contribution in [3.05, 3.63) is 23.8 Å². The van der Waals surface area contributed by atoms with Crippen LogP contribution in [0.1, 0.15) is 36.0 Å². The molecule has 0 spiro atoms. The first kappa shape index (κ1) is 11.8. The Morgan fingerprint density at radius 3 is 2.65 bits per heavy atom. The zero-order valence-electron chi connectivity index (χ0n) is 9.94. The maximum Gasteiger partial charge on any atom is 0.340 e. The number of hydrogen-bond donors (Lipinski definition) is 1. The molecule has 0 radical (unpaired) electrons. The molecule has 0 aliphatic heterocycles. The minimum atomic E-state index is -0.336. The molecule has 92 valence electrons. The third kappa shape index (κ3) is 2.70. The molecule has 1 saturated carbocycles. The first-order valence-electron chi connectivity index (χ1n) is 5.85. The summed E-state index contributed by atoms with van der Waals surface area (Å²) in [5.74, 6) is 0.303. The van der Waals surface area contributed by atoms with Crippen LogP contribution in [0.2, 0.25) is 0 Å². The van der Waals surface area contributed by atoms with Gasteiger partial charge < -0.3 is 15.2 Å². The summed E-state index contributed by atoms with van der Waals surface area (Å²) >= 11 is 0. The fraction of sp³-hybridized carbons (Fsp3) is 0.462. The number of carbonyl (C=O) groups is 1. The van der Waals surface area contributed by atoms with E-state index in [0.717, 1.165) is 25.7 Å². The van der Waals surface area contributed by atoms with Crippen LogP contribution in [-0.2, 0) is 4.74 Å². The molecule has 0 aromatic heterocycles. The molecule has 1 aliphatic carbocycles. The molecule has 1 aromatic carbocycles. The quantitative estimate of drug-likeness (QED) is 0.645. The zero-order chi connectivity index (χ0) is 12.3. The molecule has 0 heterocycles. The van der Waals surface area contributed by atoms with E-state index in [4.69, 9.17) is 15.2 Å². The van der Waals surface area contributed by atoms with Crippen LogP contribution in [0.15, 0.2) is 18.2 Å². The number of ether oxygens (including phenoxy) is 2. The normalized spacial score (nSPS) is 15.8. The van der Waals surface area contributed by atoms with Gasteiger partial charge in [-0.25, -0.2) is 4.79 Å². The van der Waals surface area contributed by atoms with E-state index >= 15 is 0 Å². The van der Waals surface area contributed by atoms with Crippen LogP contribution in [-0.4, -0.2) is 19.2 Å². The summed E-state index contributed by atoms with van der Waals surface area (Å²) in [4.78, 5) is 11.9. The Labute approximate surface area is 101 Å². The van der Waals surface area contributed by atoms with E-state index in [-0.39, 0.29) is 12.1 Å². The minimum absolute atomic E-state index is 0.0593. The molecular weight excluding hydrogens is 218 g/mol. The number of hydrogen-bond acceptors (Lipinski definition) is 4. The standard InChI is InChI=1S/C13H17NO3/c1-16-10-6-7-11(12(14)8-10)13(15)17-9-4-2-3-5-9/h6-9H,2-5,14H2,1H3. The fourth-order valence-corrected chi connectivity index (χ4v) is 2.07. The molecule has 0 atom stereocenters. The highest BCUT2D eigenvalue weighted by Crippen LogP contribution is 2.25. The summed E-state index contributed by atoms with van der Waals surface area (Å²) in [5.41, 5.74) is 6.60. The van der Waals surface area contributed by atoms with Crippen molar-refractivity contribution < 1.29 is 14.3 Å². The second-order valence-corrected chi connectivity index (χ2v) is 4.26. The van der Waals surface area contributed by atoms with Crippen molar-refractivity contribution >= 4 is 11.7 Å². The minimum Gasteiger partial charge on any atom is -0.497 e. The van der Waals surface area contributed by atoms with E-state index in [9.17, 15) is 4.79 Å². The maximum atomic E-state index is 11.9. The van der Waals surface area contributed by atoms with Gasteiger partial charge >= 0.3 is 5.97 Å². The second-order valence-electron chi connectivity index (χ2n) is 4.26. The van der Waals surface area contributed by atoms with E-state index in [1.807, 2.05) is 0 Å². The molecule has 0 saturated heterocycles. The van der Waals surface area contributed by atoms with Gasteiger partial charge in [0.1, 0.15) is 11.9 Å². The predicted molar refractivity (Wildman–Crippen MR) is 65.1 cm³/mol. The summed E-state index contributed by atoms with van der Waals surface area (Å²) in [6.45, 7) is 0. The number of anilines is 1. The summed E-state index contributed by atoms with van der Waals surface area (Å²) < 4.78 is 10.4. The Morgan fingerprint density at radius 2 is 2.06 bits per heavy atom. The summed E-state index contributed by atoms with van der Waals surface area (Å²) in [7, 11) is 1.56. The number of methoxy groups -OCH3 is 1. The Balaban J connectivity index is 2.07. The second kappa shape index (κ2) is 5.08. The third-order valence-corrected chi connectivity index (χ3v) is 3.05. The van der Waals surface area contributed by atoms with Gasteiger partial charge in [-0.05, 0) is 37.8 Å². The molecule has 1 fully saturated rings. The van der Waals surface area contributed by atoms with Crippen molar-refractivity contribution in [2.45, 2.75) is 31.8 Å². The van der Waals surface area contributed by atoms with E-state index in [1.165, 1.54) is 0 Å². The molecule has 0 unspecified atom stereocenters. The topological polar surface area (TPSA) is 61.5 Å². The highest BCUT2D eigenvalue weighted by atomic mass is 16.5. The Bertz CT molecular complexity index is 411. The van der Waals surface area contributed by atoms with Crippen LogP contribution in [0.4, 0.5) is 5.69 Å². The fourth-order valence-electron chi connectivity index (χ4n) is 2.07. The predicted octanol–water partition coefficient (Wildman–Crippen LogP) is 2.38. The lowest BCUT2D eigenvalue weighted by Gasteiger charge is -2.12. The van der Waals surface area contributed by atoms with Gasteiger partial charge in [0.25, 0.3) is 0 Å². The van der Waals surface area contributed by atoms with Crippen molar-refractivity contribution in [1.82, 2.24) is 0 Å². The van der Waals surface area contributed by atoms with Gasteiger partial charge in [-0.2, -0.15) is 0 Å². The van der Waals surface area contributed by atoms with Crippen molar-refractivity contribution in [2.24, 2.45) is 0 Å². The van der Waals surface area contributed by atoms with Crippen LogP contribution in [0.25, 0.3) is 0 Å². The van der Waals surface area contributed by atoms with Crippen LogP contribution >= 0.6 is 0 Å². The lowest BCUT2D eigenvalue weighted by Crippen LogP contribution is -2.16. The molecule has 2 rings (SSSR count). The van der Waals surface area contributed by atoms with Gasteiger partial charge in [-0.3, -0.25) is 0 Å². The Morgan fingerprint density at radius 1 is 1.35 bits per heavy atom. The largest absolute Gasteiger partial charge is 0.497 e. The van der Waals surface area contributed by atoms with Crippen molar-refractivity contribution in [1.29, 1.82) is 0 Å². The first-order valence-corrected chi connectivity index (χ1v) is 5.85. The van der Waals surface area contributed by atoms with E-state index in [0.29, 0.717) is 17.0 Å². The van der Waals surface area contributed by atoms with Gasteiger partial charge in [0.05, 0.1) is 12.7 Å². The number of nitrogens with two attached hydrogens (primary N) is 1. The number of esters is 1. The van der Waals surface area contributed by atoms with Gasteiger partial charge in [-0.15, -0.1) is 0 Å². The van der Waals surface area contributed by atoms with E-state index in [2.05, 4.69) is 0 Å². The van der Waals surface area contributed by atoms with E-state index < -0.39 is 0 Å². The molecule has 4 heteroatoms. The van der Waals surface area contributed by atoms with Gasteiger partial charge in [0, 0.05) is 11.8 Å². The van der Waals surface area contributed by atoms with Crippen molar-refractivity contribution in [3.8, 4) is 5.75 Å². The van der Waals surface area contributed by atoms with Crippen molar-refractivity contribution in [2.75, 3.05) is 12.8 Å². The number of carbonyl (C=O) groups excluding carboxylic acids is 1. The monoisotopic (exact) mass is 235 g/mol. The Kier molecular flexibility index (Phi) is 3.52. The molecule has 4 nitrogen and oxygen atoms in total. The lowest BCUT2D eigenvalue weighted by atomic mass is 10.1. The lowest BCUT2D eigenvalue weighted by molar-refractivity contribution is 0.0319. The average molecular weight is 235 g/mol. The zero-order valence-corrected chi connectivity index (χ0v) is 9.94. The number of nitrogen functional groups attached to an aromatic ring is 1. The van der Waals surface area contributed by atoms with Crippen LogP contribution in [0, 0.1) is 0 Å². The highest BCUT2D eigenvalue weighted by molar-refractivity contribution is 5.95. The molecule has 1 aliphatic rings. The maximum absolute atomic E-state index is 11.9. The Hall–Kier alpha value is -1.71. The molecular formula is C13H17NO3.